The molecule has 0 aromatic rings. The molecule has 0 aromatic carbocycles. The molecular formula is C11H19NO. The van der Waals surface area contributed by atoms with Crippen molar-refractivity contribution in [1.82, 2.24) is 0 Å². The molecule has 0 aromatic heterocycles. The average Bonchev–Trinajstić information content (AvgIpc) is 2.15. The van der Waals surface area contributed by atoms with Crippen LogP contribution in [0.5, 0.6) is 0 Å². The molecule has 0 saturated heterocycles. The lowest BCUT2D eigenvalue weighted by molar-refractivity contribution is -0.115. The van der Waals surface area contributed by atoms with Crippen molar-refractivity contribution in [3.8, 4) is 0 Å². The van der Waals surface area contributed by atoms with Crippen molar-refractivity contribution in [2.45, 2.75) is 51.5 Å². The van der Waals surface area contributed by atoms with E-state index in [1.165, 1.54) is 12.8 Å². The largest absolute Gasteiger partial charge is 0.328 e. The van der Waals surface area contributed by atoms with Crippen molar-refractivity contribution in [3.63, 3.8) is 0 Å². The summed E-state index contributed by atoms with van der Waals surface area (Å²) in [6.07, 6.45) is 8.03. The highest BCUT2D eigenvalue weighted by Crippen LogP contribution is 2.19. The summed E-state index contributed by atoms with van der Waals surface area (Å²) >= 11 is 0. The van der Waals surface area contributed by atoms with Gasteiger partial charge in [-0.3, -0.25) is 4.79 Å². The fourth-order valence-electron chi connectivity index (χ4n) is 1.61. The zero-order chi connectivity index (χ0) is 9.68. The first kappa shape index (κ1) is 10.5. The smallest absolute Gasteiger partial charge is 0.158 e. The molecule has 2 heteroatoms. The van der Waals surface area contributed by atoms with E-state index in [0.29, 0.717) is 12.2 Å². The van der Waals surface area contributed by atoms with Crippen LogP contribution in [-0.2, 0) is 4.79 Å². The summed E-state index contributed by atoms with van der Waals surface area (Å²) in [6.45, 7) is 1.95. The Balaban J connectivity index is 2.34. The Morgan fingerprint density at radius 3 is 2.92 bits per heavy atom. The first-order chi connectivity index (χ1) is 6.20. The SMILES string of the molecule is CC(N)CCC(=O)C1=CCCCC1. The number of hydrogen-bond donors (Lipinski definition) is 1. The second-order valence-corrected chi connectivity index (χ2v) is 3.91. The fraction of sp³-hybridized carbons (Fsp3) is 0.727. The standard InChI is InChI=1S/C11H19NO/c1-9(12)7-8-11(13)10-5-3-2-4-6-10/h5,9H,2-4,6-8,12H2,1H3. The highest BCUT2D eigenvalue weighted by atomic mass is 16.1. The fourth-order valence-corrected chi connectivity index (χ4v) is 1.61. The van der Waals surface area contributed by atoms with Crippen molar-refractivity contribution in [2.75, 3.05) is 0 Å². The first-order valence-electron chi connectivity index (χ1n) is 5.18. The van der Waals surface area contributed by atoms with Gasteiger partial charge in [0.1, 0.15) is 0 Å². The van der Waals surface area contributed by atoms with E-state index in [0.717, 1.165) is 24.8 Å². The minimum absolute atomic E-state index is 0.146. The van der Waals surface area contributed by atoms with Gasteiger partial charge >= 0.3 is 0 Å². The van der Waals surface area contributed by atoms with Gasteiger partial charge in [-0.25, -0.2) is 0 Å². The summed E-state index contributed by atoms with van der Waals surface area (Å²) in [5.74, 6) is 0.317. The normalized spacial score (nSPS) is 19.4. The molecule has 2 nitrogen and oxygen atoms in total. The van der Waals surface area contributed by atoms with Gasteiger partial charge in [-0.2, -0.15) is 0 Å². The maximum atomic E-state index is 11.6. The first-order valence-corrected chi connectivity index (χ1v) is 5.18. The lowest BCUT2D eigenvalue weighted by atomic mass is 9.94. The highest BCUT2D eigenvalue weighted by Gasteiger charge is 2.12. The molecule has 0 spiro atoms. The van der Waals surface area contributed by atoms with E-state index in [1.807, 2.05) is 6.92 Å². The summed E-state index contributed by atoms with van der Waals surface area (Å²) in [5.41, 5.74) is 6.65. The van der Waals surface area contributed by atoms with Crippen LogP contribution in [-0.4, -0.2) is 11.8 Å². The zero-order valence-corrected chi connectivity index (χ0v) is 8.38. The third-order valence-corrected chi connectivity index (χ3v) is 2.48. The molecule has 1 aliphatic carbocycles. The zero-order valence-electron chi connectivity index (χ0n) is 8.38. The molecule has 0 bridgehead atoms. The van der Waals surface area contributed by atoms with Gasteiger partial charge in [0.2, 0.25) is 0 Å². The number of rotatable bonds is 4. The van der Waals surface area contributed by atoms with Crippen LogP contribution >= 0.6 is 0 Å². The molecule has 74 valence electrons. The van der Waals surface area contributed by atoms with Gasteiger partial charge in [0.25, 0.3) is 0 Å². The Morgan fingerprint density at radius 1 is 1.62 bits per heavy atom. The molecule has 0 radical (unpaired) electrons. The van der Waals surface area contributed by atoms with Gasteiger partial charge in [0, 0.05) is 12.5 Å². The molecule has 1 atom stereocenters. The number of Topliss-reactive ketones (excluding diaryl/α,β-unsaturated/α-hetero) is 1. The quantitative estimate of drug-likeness (QED) is 0.722. The number of allylic oxidation sites excluding steroid dienone is 2. The van der Waals surface area contributed by atoms with Gasteiger partial charge in [-0.15, -0.1) is 0 Å². The van der Waals surface area contributed by atoms with Gasteiger partial charge in [-0.05, 0) is 44.6 Å². The van der Waals surface area contributed by atoms with Crippen molar-refractivity contribution < 1.29 is 4.79 Å². The molecule has 0 heterocycles. The van der Waals surface area contributed by atoms with E-state index in [-0.39, 0.29) is 6.04 Å². The van der Waals surface area contributed by atoms with E-state index in [1.54, 1.807) is 0 Å². The Kier molecular flexibility index (Phi) is 4.16. The number of carbonyl (C=O) groups is 1. The molecule has 1 unspecified atom stereocenters. The van der Waals surface area contributed by atoms with Crippen molar-refractivity contribution >= 4 is 5.78 Å². The summed E-state index contributed by atoms with van der Waals surface area (Å²) in [6, 6.07) is 0.146. The molecule has 1 rings (SSSR count). The van der Waals surface area contributed by atoms with E-state index in [2.05, 4.69) is 6.08 Å². The molecule has 0 amide bonds. The van der Waals surface area contributed by atoms with Crippen LogP contribution in [0.15, 0.2) is 11.6 Å². The summed E-state index contributed by atoms with van der Waals surface area (Å²) in [7, 11) is 0. The Bertz CT molecular complexity index is 206. The van der Waals surface area contributed by atoms with Crippen LogP contribution in [0.1, 0.15) is 45.4 Å². The predicted molar refractivity (Wildman–Crippen MR) is 54.4 cm³/mol. The summed E-state index contributed by atoms with van der Waals surface area (Å²) in [5, 5.41) is 0. The maximum Gasteiger partial charge on any atom is 0.158 e. The molecule has 0 fully saturated rings. The van der Waals surface area contributed by atoms with Crippen LogP contribution in [0.25, 0.3) is 0 Å². The van der Waals surface area contributed by atoms with E-state index in [4.69, 9.17) is 5.73 Å². The molecule has 0 aliphatic heterocycles. The highest BCUT2D eigenvalue weighted by molar-refractivity contribution is 5.95. The van der Waals surface area contributed by atoms with E-state index in [9.17, 15) is 4.79 Å². The minimum Gasteiger partial charge on any atom is -0.328 e. The van der Waals surface area contributed by atoms with Crippen LogP contribution in [0, 0.1) is 0 Å². The third kappa shape index (κ3) is 3.73. The van der Waals surface area contributed by atoms with Crippen LogP contribution in [0.4, 0.5) is 0 Å². The lowest BCUT2D eigenvalue weighted by Gasteiger charge is -2.11. The van der Waals surface area contributed by atoms with Gasteiger partial charge < -0.3 is 5.73 Å². The summed E-state index contributed by atoms with van der Waals surface area (Å²) < 4.78 is 0. The summed E-state index contributed by atoms with van der Waals surface area (Å²) in [4.78, 5) is 11.6. The molecule has 1 aliphatic rings. The topological polar surface area (TPSA) is 43.1 Å². The number of ketones is 1. The lowest BCUT2D eigenvalue weighted by Crippen LogP contribution is -2.17. The van der Waals surface area contributed by atoms with E-state index >= 15 is 0 Å². The van der Waals surface area contributed by atoms with Crippen molar-refractivity contribution in [1.29, 1.82) is 0 Å². The maximum absolute atomic E-state index is 11.6. The second-order valence-electron chi connectivity index (χ2n) is 3.91. The molecule has 13 heavy (non-hydrogen) atoms. The van der Waals surface area contributed by atoms with Gasteiger partial charge in [-0.1, -0.05) is 6.08 Å². The number of nitrogens with two attached hydrogens (primary N) is 1. The van der Waals surface area contributed by atoms with Crippen LogP contribution in [0.2, 0.25) is 0 Å². The van der Waals surface area contributed by atoms with Gasteiger partial charge in [0.05, 0.1) is 0 Å². The number of hydrogen-bond acceptors (Lipinski definition) is 2. The average molecular weight is 181 g/mol. The van der Waals surface area contributed by atoms with E-state index < -0.39 is 0 Å². The van der Waals surface area contributed by atoms with Crippen LogP contribution < -0.4 is 5.73 Å². The Morgan fingerprint density at radius 2 is 2.38 bits per heavy atom. The predicted octanol–water partition coefficient (Wildman–Crippen LogP) is 2.18. The molecule has 2 N–H and O–H groups in total. The second kappa shape index (κ2) is 5.18. The van der Waals surface area contributed by atoms with Crippen molar-refractivity contribution in [3.05, 3.63) is 11.6 Å². The van der Waals surface area contributed by atoms with Gasteiger partial charge in [0.15, 0.2) is 5.78 Å². The number of carbonyl (C=O) groups excluding carboxylic acids is 1. The Labute approximate surface area is 80.2 Å². The van der Waals surface area contributed by atoms with Crippen molar-refractivity contribution in [2.24, 2.45) is 5.73 Å². The Hall–Kier alpha value is -0.630. The van der Waals surface area contributed by atoms with Crippen LogP contribution in [0.3, 0.4) is 0 Å². The minimum atomic E-state index is 0.146. The molecular weight excluding hydrogens is 162 g/mol. The monoisotopic (exact) mass is 181 g/mol. The molecule has 0 saturated carbocycles. The third-order valence-electron chi connectivity index (χ3n) is 2.48.